The van der Waals surface area contributed by atoms with Crippen molar-refractivity contribution in [2.75, 3.05) is 0 Å². The van der Waals surface area contributed by atoms with Crippen LogP contribution in [-0.2, 0) is 24.7 Å². The Balaban J connectivity index is 1.03. The average Bonchev–Trinajstić information content (AvgIpc) is 2.04. The van der Waals surface area contributed by atoms with Crippen LogP contribution in [0.15, 0.2) is 219 Å². The number of benzene rings is 9. The minimum absolute atomic E-state index is 0.0876. The summed E-state index contributed by atoms with van der Waals surface area (Å²) in [6.45, 7) is 0. The molecule has 84 heavy (non-hydrogen) atoms. The molecule has 0 spiro atoms. The van der Waals surface area contributed by atoms with Crippen LogP contribution in [0.4, 0.5) is 52.7 Å². The van der Waals surface area contributed by atoms with E-state index in [2.05, 4.69) is 0 Å². The van der Waals surface area contributed by atoms with E-state index in [0.717, 1.165) is 0 Å². The molecule has 0 aliphatic heterocycles. The second-order valence-corrected chi connectivity index (χ2v) is 19.9. The van der Waals surface area contributed by atoms with Crippen molar-refractivity contribution in [3.63, 3.8) is 0 Å². The summed E-state index contributed by atoms with van der Waals surface area (Å²) in [5.41, 5.74) is 0.122. The molecule has 0 fully saturated rings. The van der Waals surface area contributed by atoms with Gasteiger partial charge in [-0.1, -0.05) is 109 Å². The van der Waals surface area contributed by atoms with Gasteiger partial charge in [-0.2, -0.15) is 52.7 Å². The minimum atomic E-state index is -5.08. The predicted octanol–water partition coefficient (Wildman–Crippen LogP) is 19.5. The number of rotatable bonds is 8. The van der Waals surface area contributed by atoms with E-state index in [1.165, 1.54) is 12.1 Å². The molecular weight excluding hydrogens is 1100 g/mol. The number of pyridine rings is 1. The number of fused-ring (bicyclic) bond motifs is 6. The summed E-state index contributed by atoms with van der Waals surface area (Å²) in [4.78, 5) is 19.8. The lowest BCUT2D eigenvalue weighted by Crippen LogP contribution is -2.11. The Morgan fingerprint density at radius 3 is 1.14 bits per heavy atom. The fraction of sp³-hybridized carbons (Fsp3) is 0.0606. The largest absolute Gasteiger partial charge is 0.416 e. The monoisotopic (exact) mass is 1140 g/mol. The molecule has 0 saturated heterocycles. The van der Waals surface area contributed by atoms with Gasteiger partial charge in [0.05, 0.1) is 55.7 Å². The lowest BCUT2D eigenvalue weighted by Gasteiger charge is -2.17. The van der Waals surface area contributed by atoms with Gasteiger partial charge < -0.3 is 9.13 Å². The molecule has 0 atom stereocenters. The van der Waals surface area contributed by atoms with Crippen LogP contribution in [-0.4, -0.2) is 29.1 Å². The molecule has 0 N–H and O–H groups in total. The molecule has 18 heteroatoms. The maximum absolute atomic E-state index is 14.2. The van der Waals surface area contributed by atoms with E-state index >= 15 is 0 Å². The van der Waals surface area contributed by atoms with E-state index in [1.54, 1.807) is 72.9 Å². The smallest absolute Gasteiger partial charge is 0.309 e. The molecule has 0 aliphatic rings. The second-order valence-electron chi connectivity index (χ2n) is 19.9. The van der Waals surface area contributed by atoms with Gasteiger partial charge in [-0.3, -0.25) is 4.98 Å². The highest BCUT2D eigenvalue weighted by atomic mass is 19.4. The van der Waals surface area contributed by atoms with Gasteiger partial charge in [0.15, 0.2) is 17.5 Å². The Morgan fingerprint density at radius 2 is 0.679 bits per heavy atom. The van der Waals surface area contributed by atoms with Crippen molar-refractivity contribution in [3.8, 4) is 79.0 Å². The normalized spacial score (nSPS) is 12.5. The molecule has 0 bridgehead atoms. The Morgan fingerprint density at radius 1 is 0.286 bits per heavy atom. The summed E-state index contributed by atoms with van der Waals surface area (Å²) in [5, 5.41) is 2.29. The number of hydrogen-bond acceptors (Lipinski definition) is 4. The van der Waals surface area contributed by atoms with Crippen molar-refractivity contribution < 1.29 is 52.7 Å². The van der Waals surface area contributed by atoms with Crippen molar-refractivity contribution in [2.45, 2.75) is 24.7 Å². The topological polar surface area (TPSA) is 61.4 Å². The minimum Gasteiger partial charge on any atom is -0.309 e. The molecule has 414 valence electrons. The number of halogens is 12. The summed E-state index contributed by atoms with van der Waals surface area (Å²) >= 11 is 0. The molecule has 0 radical (unpaired) electrons. The van der Waals surface area contributed by atoms with Crippen LogP contribution in [0.1, 0.15) is 22.3 Å². The first kappa shape index (κ1) is 53.2. The zero-order valence-corrected chi connectivity index (χ0v) is 43.0. The third-order valence-electron chi connectivity index (χ3n) is 14.7. The van der Waals surface area contributed by atoms with Gasteiger partial charge >= 0.3 is 24.7 Å². The molecular formula is C66H36F12N6. The highest BCUT2D eigenvalue weighted by Crippen LogP contribution is 2.45. The standard InChI is InChI=1S/C66H36F12N6/c67-63(68,69)44-27-42(28-45(34-44)64(70,71)72)39-19-22-57-51(31-39)49-15-7-9-17-55(49)83(57)48-25-26-79-54(36-48)53-33-41(62-81-60(37-11-3-1-4-12-37)80-61(82-62)38-13-5-2-6-14-38)21-24-59(53)84-56-18-10-8-16-50(56)52-32-40(20-23-58(52)84)43-29-46(65(73,74)75)35-47(30-43)66(76,77)78/h1-36H. The molecule has 13 aromatic rings. The number of alkyl halides is 12. The maximum atomic E-state index is 14.2. The molecule has 0 aliphatic carbocycles. The van der Waals surface area contributed by atoms with Crippen LogP contribution >= 0.6 is 0 Å². The van der Waals surface area contributed by atoms with Crippen LogP contribution in [0.3, 0.4) is 0 Å². The lowest BCUT2D eigenvalue weighted by molar-refractivity contribution is -0.144. The van der Waals surface area contributed by atoms with E-state index in [4.69, 9.17) is 19.9 Å². The van der Waals surface area contributed by atoms with Gasteiger partial charge in [-0.25, -0.2) is 15.0 Å². The van der Waals surface area contributed by atoms with E-state index in [9.17, 15) is 52.7 Å². The fourth-order valence-electron chi connectivity index (χ4n) is 10.8. The summed E-state index contributed by atoms with van der Waals surface area (Å²) in [6, 6.07) is 54.4. The van der Waals surface area contributed by atoms with Crippen molar-refractivity contribution in [2.24, 2.45) is 0 Å². The molecule has 6 nitrogen and oxygen atoms in total. The first-order valence-electron chi connectivity index (χ1n) is 25.8. The van der Waals surface area contributed by atoms with Crippen molar-refractivity contribution in [1.82, 2.24) is 29.1 Å². The highest BCUT2D eigenvalue weighted by Gasteiger charge is 2.39. The van der Waals surface area contributed by atoms with Crippen LogP contribution in [0.25, 0.3) is 123 Å². The van der Waals surface area contributed by atoms with Gasteiger partial charge in [0, 0.05) is 55.7 Å². The SMILES string of the molecule is FC(F)(F)c1cc(-c2ccc3c(c2)c2ccccc2n3-c2ccnc(-c3cc(-c4nc(-c5ccccc5)nc(-c5ccccc5)n4)ccc3-n3c4ccccc4c4cc(-c5cc(C(F)(F)F)cc(C(F)(F)F)c5)ccc43)c2)cc(C(F)(F)F)c1. The zero-order valence-electron chi connectivity index (χ0n) is 43.0. The summed E-state index contributed by atoms with van der Waals surface area (Å²) in [7, 11) is 0. The molecule has 4 aromatic heterocycles. The molecule has 0 unspecified atom stereocenters. The molecule has 13 rings (SSSR count). The molecule has 0 saturated carbocycles. The Kier molecular flexibility index (Phi) is 12.6. The van der Waals surface area contributed by atoms with Crippen LogP contribution in [0.2, 0.25) is 0 Å². The highest BCUT2D eigenvalue weighted by molar-refractivity contribution is 6.12. The van der Waals surface area contributed by atoms with Crippen molar-refractivity contribution in [3.05, 3.63) is 241 Å². The van der Waals surface area contributed by atoms with E-state index < -0.39 is 47.0 Å². The van der Waals surface area contributed by atoms with Crippen LogP contribution in [0, 0.1) is 0 Å². The number of hydrogen-bond donors (Lipinski definition) is 0. The Labute approximate surface area is 468 Å². The summed E-state index contributed by atoms with van der Waals surface area (Å²) < 4.78 is 173. The van der Waals surface area contributed by atoms with Crippen LogP contribution in [0.5, 0.6) is 0 Å². The first-order chi connectivity index (χ1) is 40.1. The Bertz CT molecular complexity index is 4610. The average molecular weight is 1140 g/mol. The van der Waals surface area contributed by atoms with E-state index in [1.807, 2.05) is 106 Å². The Hall–Kier alpha value is -10.1. The number of nitrogens with zero attached hydrogens (tertiary/aromatic N) is 6. The fourth-order valence-corrected chi connectivity index (χ4v) is 10.8. The third-order valence-corrected chi connectivity index (χ3v) is 14.7. The van der Waals surface area contributed by atoms with Gasteiger partial charge in [-0.15, -0.1) is 0 Å². The summed E-state index contributed by atoms with van der Waals surface area (Å²) in [5.74, 6) is 1.06. The molecule has 0 amide bonds. The predicted molar refractivity (Wildman–Crippen MR) is 299 cm³/mol. The van der Waals surface area contributed by atoms with Gasteiger partial charge in [-0.05, 0) is 125 Å². The third kappa shape index (κ3) is 9.71. The van der Waals surface area contributed by atoms with Gasteiger partial charge in [0.2, 0.25) is 0 Å². The first-order valence-corrected chi connectivity index (χ1v) is 25.8. The van der Waals surface area contributed by atoms with Gasteiger partial charge in [0.25, 0.3) is 0 Å². The number of para-hydroxylation sites is 2. The maximum Gasteiger partial charge on any atom is 0.416 e. The summed E-state index contributed by atoms with van der Waals surface area (Å²) in [6.07, 6.45) is -18.7. The zero-order chi connectivity index (χ0) is 58.5. The number of aromatic nitrogens is 6. The quantitative estimate of drug-likeness (QED) is 0.142. The lowest BCUT2D eigenvalue weighted by atomic mass is 9.97. The molecule has 9 aromatic carbocycles. The van der Waals surface area contributed by atoms with Crippen LogP contribution < -0.4 is 0 Å². The molecule has 4 heterocycles. The van der Waals surface area contributed by atoms with Gasteiger partial charge in [0.1, 0.15) is 0 Å². The second kappa shape index (κ2) is 19.8. The van der Waals surface area contributed by atoms with Crippen molar-refractivity contribution in [1.29, 1.82) is 0 Å². The van der Waals surface area contributed by atoms with Crippen molar-refractivity contribution >= 4 is 43.6 Å². The van der Waals surface area contributed by atoms with E-state index in [-0.39, 0.29) is 34.4 Å². The van der Waals surface area contributed by atoms with E-state index in [0.29, 0.717) is 125 Å².